The minimum Gasteiger partial charge on any atom is -0.364 e. The first-order valence-corrected chi connectivity index (χ1v) is 9.91. The first-order valence-electron chi connectivity index (χ1n) is 9.91. The van der Waals surface area contributed by atoms with Crippen LogP contribution in [0.4, 0.5) is 0 Å². The molecule has 0 aromatic heterocycles. The molecule has 0 bridgehead atoms. The standard InChI is InChI=1S/C25H21NO5/c1-30-25(19-8-4-2-5-9-19,20-10-6-3-7-11-20)21-14-12-18(13-15-21)24(29)31-26-22(27)16-17-23(26)28/h2-15H,16-17H2,1H3. The molecule has 1 aliphatic heterocycles. The summed E-state index contributed by atoms with van der Waals surface area (Å²) >= 11 is 0. The normalized spacial score (nSPS) is 14.0. The van der Waals surface area contributed by atoms with Gasteiger partial charge in [0.15, 0.2) is 0 Å². The molecule has 6 nitrogen and oxygen atoms in total. The van der Waals surface area contributed by atoms with Gasteiger partial charge in [-0.3, -0.25) is 9.59 Å². The number of rotatable bonds is 6. The van der Waals surface area contributed by atoms with Gasteiger partial charge in [0.05, 0.1) is 5.56 Å². The van der Waals surface area contributed by atoms with Crippen LogP contribution < -0.4 is 0 Å². The van der Waals surface area contributed by atoms with Crippen LogP contribution in [0.25, 0.3) is 0 Å². The molecule has 1 heterocycles. The van der Waals surface area contributed by atoms with Crippen molar-refractivity contribution in [3.8, 4) is 0 Å². The highest BCUT2D eigenvalue weighted by molar-refractivity contribution is 6.02. The molecule has 0 unspecified atom stereocenters. The number of nitrogens with zero attached hydrogens (tertiary/aromatic N) is 1. The number of hydrogen-bond donors (Lipinski definition) is 0. The zero-order chi connectivity index (χ0) is 21.8. The number of ether oxygens (including phenoxy) is 1. The average Bonchev–Trinajstić information content (AvgIpc) is 3.14. The summed E-state index contributed by atoms with van der Waals surface area (Å²) in [6.07, 6.45) is 0.102. The van der Waals surface area contributed by atoms with E-state index in [9.17, 15) is 14.4 Å². The maximum absolute atomic E-state index is 12.5. The summed E-state index contributed by atoms with van der Waals surface area (Å²) in [6, 6.07) is 26.4. The van der Waals surface area contributed by atoms with Gasteiger partial charge in [-0.1, -0.05) is 72.8 Å². The SMILES string of the molecule is COC(c1ccccc1)(c1ccccc1)c1ccc(C(=O)ON2C(=O)CCC2=O)cc1. The third kappa shape index (κ3) is 3.73. The molecular formula is C25H21NO5. The van der Waals surface area contributed by atoms with E-state index < -0.39 is 23.4 Å². The highest BCUT2D eigenvalue weighted by atomic mass is 16.7. The molecule has 0 N–H and O–H groups in total. The van der Waals surface area contributed by atoms with Crippen LogP contribution >= 0.6 is 0 Å². The summed E-state index contributed by atoms with van der Waals surface area (Å²) < 4.78 is 6.12. The molecule has 6 heteroatoms. The lowest BCUT2D eigenvalue weighted by molar-refractivity contribution is -0.172. The van der Waals surface area contributed by atoms with Crippen molar-refractivity contribution in [2.24, 2.45) is 0 Å². The molecule has 4 rings (SSSR count). The van der Waals surface area contributed by atoms with Crippen LogP contribution in [-0.4, -0.2) is 30.0 Å². The van der Waals surface area contributed by atoms with Crippen LogP contribution in [0.5, 0.6) is 0 Å². The third-order valence-electron chi connectivity index (χ3n) is 5.37. The zero-order valence-electron chi connectivity index (χ0n) is 17.0. The molecule has 0 atom stereocenters. The Bertz CT molecular complexity index is 1040. The van der Waals surface area contributed by atoms with Crippen LogP contribution in [0.3, 0.4) is 0 Å². The number of benzene rings is 3. The van der Waals surface area contributed by atoms with Crippen molar-refractivity contribution in [1.82, 2.24) is 5.06 Å². The topological polar surface area (TPSA) is 72.9 Å². The molecule has 1 aliphatic rings. The van der Waals surface area contributed by atoms with Crippen molar-refractivity contribution in [2.45, 2.75) is 18.4 Å². The Hall–Kier alpha value is -3.77. The second-order valence-electron chi connectivity index (χ2n) is 7.16. The number of imide groups is 1. The van der Waals surface area contributed by atoms with Crippen LogP contribution in [-0.2, 0) is 24.8 Å². The molecule has 2 amide bonds. The third-order valence-corrected chi connectivity index (χ3v) is 5.37. The Balaban J connectivity index is 1.70. The van der Waals surface area contributed by atoms with Crippen molar-refractivity contribution in [1.29, 1.82) is 0 Å². The molecular weight excluding hydrogens is 394 g/mol. The van der Waals surface area contributed by atoms with Crippen LogP contribution in [0.2, 0.25) is 0 Å². The lowest BCUT2D eigenvalue weighted by atomic mass is 9.80. The Morgan fingerprint density at radius 1 is 0.742 bits per heavy atom. The Kier molecular flexibility index (Phi) is 5.64. The fraction of sp³-hybridized carbons (Fsp3) is 0.160. The summed E-state index contributed by atoms with van der Waals surface area (Å²) in [5, 5.41) is 0.545. The second kappa shape index (κ2) is 8.53. The fourth-order valence-corrected chi connectivity index (χ4v) is 3.83. The maximum Gasteiger partial charge on any atom is 0.363 e. The minimum absolute atomic E-state index is 0.0512. The lowest BCUT2D eigenvalue weighted by Gasteiger charge is -2.34. The molecule has 0 aliphatic carbocycles. The van der Waals surface area contributed by atoms with E-state index in [1.165, 1.54) is 0 Å². The van der Waals surface area contributed by atoms with E-state index in [-0.39, 0.29) is 18.4 Å². The van der Waals surface area contributed by atoms with Gasteiger partial charge < -0.3 is 9.57 Å². The lowest BCUT2D eigenvalue weighted by Crippen LogP contribution is -2.32. The fourth-order valence-electron chi connectivity index (χ4n) is 3.83. The number of hydrogen-bond acceptors (Lipinski definition) is 5. The number of carbonyl (C=O) groups excluding carboxylic acids is 3. The molecule has 0 radical (unpaired) electrons. The van der Waals surface area contributed by atoms with Crippen LogP contribution in [0.15, 0.2) is 84.9 Å². The first kappa shape index (κ1) is 20.5. The van der Waals surface area contributed by atoms with E-state index in [4.69, 9.17) is 9.57 Å². The van der Waals surface area contributed by atoms with Crippen molar-refractivity contribution in [2.75, 3.05) is 7.11 Å². The zero-order valence-corrected chi connectivity index (χ0v) is 17.0. The summed E-state index contributed by atoms with van der Waals surface area (Å²) in [6.45, 7) is 0. The molecule has 31 heavy (non-hydrogen) atoms. The molecule has 156 valence electrons. The van der Waals surface area contributed by atoms with Crippen LogP contribution in [0, 0.1) is 0 Å². The van der Waals surface area contributed by atoms with E-state index in [1.807, 2.05) is 60.7 Å². The Morgan fingerprint density at radius 2 is 1.19 bits per heavy atom. The first-order chi connectivity index (χ1) is 15.1. The minimum atomic E-state index is -0.883. The highest BCUT2D eigenvalue weighted by Gasteiger charge is 2.37. The number of hydroxylamine groups is 2. The average molecular weight is 415 g/mol. The molecule has 1 saturated heterocycles. The number of carbonyl (C=O) groups is 3. The quantitative estimate of drug-likeness (QED) is 0.452. The number of methoxy groups -OCH3 is 1. The van der Waals surface area contributed by atoms with E-state index in [1.54, 1.807) is 31.4 Å². The van der Waals surface area contributed by atoms with E-state index in [0.29, 0.717) is 5.06 Å². The number of amides is 2. The molecule has 1 fully saturated rings. The largest absolute Gasteiger partial charge is 0.364 e. The maximum atomic E-state index is 12.5. The Labute approximate surface area is 180 Å². The highest BCUT2D eigenvalue weighted by Crippen LogP contribution is 2.39. The van der Waals surface area contributed by atoms with Gasteiger partial charge in [0.1, 0.15) is 5.60 Å². The van der Waals surface area contributed by atoms with Gasteiger partial charge in [-0.2, -0.15) is 0 Å². The molecule has 3 aromatic carbocycles. The van der Waals surface area contributed by atoms with Gasteiger partial charge in [0.2, 0.25) is 0 Å². The van der Waals surface area contributed by atoms with Gasteiger partial charge in [-0.15, -0.1) is 5.06 Å². The molecule has 0 spiro atoms. The summed E-state index contributed by atoms with van der Waals surface area (Å²) in [5.74, 6) is -1.79. The van der Waals surface area contributed by atoms with Crippen molar-refractivity contribution in [3.05, 3.63) is 107 Å². The molecule has 0 saturated carbocycles. The van der Waals surface area contributed by atoms with Gasteiger partial charge in [-0.05, 0) is 28.8 Å². The van der Waals surface area contributed by atoms with E-state index in [2.05, 4.69) is 0 Å². The monoisotopic (exact) mass is 415 g/mol. The Morgan fingerprint density at radius 3 is 1.65 bits per heavy atom. The van der Waals surface area contributed by atoms with Gasteiger partial charge >= 0.3 is 5.97 Å². The smallest absolute Gasteiger partial charge is 0.363 e. The summed E-state index contributed by atoms with van der Waals surface area (Å²) in [4.78, 5) is 40.9. The summed E-state index contributed by atoms with van der Waals surface area (Å²) in [7, 11) is 1.65. The van der Waals surface area contributed by atoms with Crippen LogP contribution in [0.1, 0.15) is 39.9 Å². The summed E-state index contributed by atoms with van der Waals surface area (Å²) in [5.41, 5.74) is 2.03. The van der Waals surface area contributed by atoms with Crippen molar-refractivity contribution in [3.63, 3.8) is 0 Å². The predicted molar refractivity (Wildman–Crippen MR) is 113 cm³/mol. The predicted octanol–water partition coefficient (Wildman–Crippen LogP) is 3.85. The van der Waals surface area contributed by atoms with Gasteiger partial charge in [0.25, 0.3) is 11.8 Å². The van der Waals surface area contributed by atoms with Crippen molar-refractivity contribution >= 4 is 17.8 Å². The van der Waals surface area contributed by atoms with E-state index >= 15 is 0 Å². The molecule has 3 aromatic rings. The van der Waals surface area contributed by atoms with Crippen molar-refractivity contribution < 1.29 is 24.0 Å². The van der Waals surface area contributed by atoms with E-state index in [0.717, 1.165) is 16.7 Å². The van der Waals surface area contributed by atoms with Gasteiger partial charge in [-0.25, -0.2) is 4.79 Å². The second-order valence-corrected chi connectivity index (χ2v) is 7.16. The van der Waals surface area contributed by atoms with Gasteiger partial charge in [0, 0.05) is 20.0 Å².